The van der Waals surface area contributed by atoms with Crippen LogP contribution in [0, 0.1) is 0 Å². The second-order valence-corrected chi connectivity index (χ2v) is 8.89. The van der Waals surface area contributed by atoms with Gasteiger partial charge in [-0.1, -0.05) is 62.0 Å². The third-order valence-electron chi connectivity index (χ3n) is 5.67. The monoisotopic (exact) mass is 489 g/mol. The van der Waals surface area contributed by atoms with Gasteiger partial charge in [0.05, 0.1) is 29.7 Å². The van der Waals surface area contributed by atoms with E-state index in [4.69, 9.17) is 32.9 Å². The highest BCUT2D eigenvalue weighted by molar-refractivity contribution is 6.53. The van der Waals surface area contributed by atoms with Gasteiger partial charge in [0.2, 0.25) is 0 Å². The minimum Gasteiger partial charge on any atom is -0.497 e. The number of nitrogens with zero attached hydrogens (tertiary/aromatic N) is 3. The van der Waals surface area contributed by atoms with E-state index in [1.165, 1.54) is 0 Å². The quantitative estimate of drug-likeness (QED) is 0.272. The van der Waals surface area contributed by atoms with E-state index in [1.54, 1.807) is 40.8 Å². The Morgan fingerprint density at radius 1 is 1.09 bits per heavy atom. The Hall–Kier alpha value is -2.57. The molecular formula is C25H29Cl2N3O3. The van der Waals surface area contributed by atoms with Crippen LogP contribution in [0.3, 0.4) is 0 Å². The second kappa shape index (κ2) is 11.5. The van der Waals surface area contributed by atoms with Gasteiger partial charge in [0, 0.05) is 6.54 Å². The summed E-state index contributed by atoms with van der Waals surface area (Å²) in [5, 5.41) is 0.503. The summed E-state index contributed by atoms with van der Waals surface area (Å²) in [7, 11) is 1.59. The van der Waals surface area contributed by atoms with Crippen LogP contribution in [0.5, 0.6) is 5.75 Å². The summed E-state index contributed by atoms with van der Waals surface area (Å²) < 4.78 is 6.85. The molecule has 1 unspecified atom stereocenters. The van der Waals surface area contributed by atoms with Crippen molar-refractivity contribution in [1.82, 2.24) is 14.5 Å². The normalized spacial score (nSPS) is 12.2. The standard InChI is InChI=1S/C25H29Cl2N3O3/c1-4-6-9-16-29(25(32)22(26)27)21(5-2)23-28-20-11-8-7-10-19(20)24(31)30(23)17-12-14-18(33-3)15-13-17/h7-8,10-15,21-22H,4-6,9,16H2,1-3H3. The average Bonchev–Trinajstić information content (AvgIpc) is 2.83. The van der Waals surface area contributed by atoms with Gasteiger partial charge in [-0.2, -0.15) is 0 Å². The molecule has 0 saturated carbocycles. The molecule has 176 valence electrons. The van der Waals surface area contributed by atoms with Crippen LogP contribution in [0.25, 0.3) is 16.6 Å². The van der Waals surface area contributed by atoms with Crippen LogP contribution in [0.4, 0.5) is 0 Å². The van der Waals surface area contributed by atoms with E-state index in [1.807, 2.05) is 31.2 Å². The molecule has 1 aromatic heterocycles. The van der Waals surface area contributed by atoms with Gasteiger partial charge in [0.25, 0.3) is 11.5 Å². The van der Waals surface area contributed by atoms with Crippen LogP contribution in [-0.4, -0.2) is 38.8 Å². The molecule has 0 bridgehead atoms. The van der Waals surface area contributed by atoms with Crippen molar-refractivity contribution in [1.29, 1.82) is 0 Å². The molecule has 0 aliphatic rings. The van der Waals surface area contributed by atoms with Gasteiger partial charge >= 0.3 is 0 Å². The van der Waals surface area contributed by atoms with E-state index in [-0.39, 0.29) is 11.5 Å². The Morgan fingerprint density at radius 2 is 1.79 bits per heavy atom. The van der Waals surface area contributed by atoms with Gasteiger partial charge in [-0.3, -0.25) is 14.2 Å². The maximum absolute atomic E-state index is 13.6. The Kier molecular flexibility index (Phi) is 8.75. The molecule has 8 heteroatoms. The number of hydrogen-bond acceptors (Lipinski definition) is 4. The van der Waals surface area contributed by atoms with E-state index in [0.717, 1.165) is 19.3 Å². The van der Waals surface area contributed by atoms with Gasteiger partial charge < -0.3 is 9.64 Å². The average molecular weight is 490 g/mol. The lowest BCUT2D eigenvalue weighted by Crippen LogP contribution is -2.41. The van der Waals surface area contributed by atoms with Gasteiger partial charge in [0.1, 0.15) is 11.6 Å². The number of carbonyl (C=O) groups is 1. The molecule has 0 radical (unpaired) electrons. The maximum atomic E-state index is 13.6. The van der Waals surface area contributed by atoms with Crippen LogP contribution >= 0.6 is 23.2 Å². The van der Waals surface area contributed by atoms with Crippen molar-refractivity contribution in [2.45, 2.75) is 50.4 Å². The molecule has 3 aromatic rings. The Balaban J connectivity index is 2.24. The van der Waals surface area contributed by atoms with E-state index >= 15 is 0 Å². The van der Waals surface area contributed by atoms with Crippen LogP contribution in [-0.2, 0) is 4.79 Å². The van der Waals surface area contributed by atoms with Gasteiger partial charge in [-0.25, -0.2) is 4.98 Å². The van der Waals surface area contributed by atoms with Gasteiger partial charge in [-0.05, 0) is 49.2 Å². The number of halogens is 2. The topological polar surface area (TPSA) is 64.4 Å². The number of unbranched alkanes of at least 4 members (excludes halogenated alkanes) is 2. The summed E-state index contributed by atoms with van der Waals surface area (Å²) in [6, 6.07) is 13.9. The van der Waals surface area contributed by atoms with E-state index < -0.39 is 10.9 Å². The summed E-state index contributed by atoms with van der Waals surface area (Å²) in [5.41, 5.74) is 1.02. The first-order valence-corrected chi connectivity index (χ1v) is 12.0. The number of alkyl halides is 2. The lowest BCUT2D eigenvalue weighted by atomic mass is 10.1. The predicted molar refractivity (Wildman–Crippen MR) is 134 cm³/mol. The highest BCUT2D eigenvalue weighted by Gasteiger charge is 2.31. The van der Waals surface area contributed by atoms with Crippen molar-refractivity contribution >= 4 is 40.0 Å². The molecule has 3 rings (SSSR count). The number of aromatic nitrogens is 2. The van der Waals surface area contributed by atoms with E-state index in [0.29, 0.717) is 41.1 Å². The van der Waals surface area contributed by atoms with E-state index in [9.17, 15) is 9.59 Å². The first-order valence-electron chi connectivity index (χ1n) is 11.2. The minimum atomic E-state index is -1.19. The summed E-state index contributed by atoms with van der Waals surface area (Å²) in [4.78, 5) is 32.0. The number of carbonyl (C=O) groups excluding carboxylic acids is 1. The van der Waals surface area contributed by atoms with Crippen molar-refractivity contribution in [2.24, 2.45) is 0 Å². The highest BCUT2D eigenvalue weighted by atomic mass is 35.5. The number of rotatable bonds is 10. The minimum absolute atomic E-state index is 0.200. The highest BCUT2D eigenvalue weighted by Crippen LogP contribution is 2.28. The molecule has 0 aliphatic carbocycles. The molecule has 0 fully saturated rings. The fourth-order valence-corrected chi connectivity index (χ4v) is 4.22. The Labute approximate surface area is 204 Å². The first-order chi connectivity index (χ1) is 15.9. The van der Waals surface area contributed by atoms with Crippen molar-refractivity contribution in [2.75, 3.05) is 13.7 Å². The zero-order valence-corrected chi connectivity index (χ0v) is 20.6. The maximum Gasteiger partial charge on any atom is 0.266 e. The van der Waals surface area contributed by atoms with Crippen molar-refractivity contribution in [3.63, 3.8) is 0 Å². The molecule has 0 saturated heterocycles. The van der Waals surface area contributed by atoms with Crippen LogP contribution in [0.1, 0.15) is 51.4 Å². The van der Waals surface area contributed by atoms with Crippen LogP contribution < -0.4 is 10.3 Å². The van der Waals surface area contributed by atoms with Crippen molar-refractivity contribution in [3.8, 4) is 11.4 Å². The SMILES string of the molecule is CCCCCN(C(=O)C(Cl)Cl)C(CC)c1nc2ccccc2c(=O)n1-c1ccc(OC)cc1. The number of hydrogen-bond donors (Lipinski definition) is 0. The molecule has 33 heavy (non-hydrogen) atoms. The Morgan fingerprint density at radius 3 is 2.39 bits per heavy atom. The largest absolute Gasteiger partial charge is 0.497 e. The number of para-hydroxylation sites is 1. The van der Waals surface area contributed by atoms with E-state index in [2.05, 4.69) is 6.92 Å². The molecule has 0 N–H and O–H groups in total. The van der Waals surface area contributed by atoms with Gasteiger partial charge in [-0.15, -0.1) is 0 Å². The summed E-state index contributed by atoms with van der Waals surface area (Å²) >= 11 is 12.0. The number of benzene rings is 2. The zero-order valence-electron chi connectivity index (χ0n) is 19.1. The predicted octanol–water partition coefficient (Wildman–Crippen LogP) is 5.67. The third-order valence-corrected chi connectivity index (χ3v) is 6.04. The summed E-state index contributed by atoms with van der Waals surface area (Å²) in [6.07, 6.45) is 3.32. The number of ether oxygens (including phenoxy) is 1. The smallest absolute Gasteiger partial charge is 0.266 e. The summed E-state index contributed by atoms with van der Waals surface area (Å²) in [5.74, 6) is 0.771. The van der Waals surface area contributed by atoms with Crippen molar-refractivity contribution in [3.05, 3.63) is 64.7 Å². The molecule has 0 spiro atoms. The lowest BCUT2D eigenvalue weighted by molar-refractivity contribution is -0.132. The fraction of sp³-hybridized carbons (Fsp3) is 0.400. The summed E-state index contributed by atoms with van der Waals surface area (Å²) in [6.45, 7) is 4.54. The molecule has 6 nitrogen and oxygen atoms in total. The molecule has 0 aliphatic heterocycles. The molecule has 1 amide bonds. The zero-order chi connectivity index (χ0) is 24.0. The first kappa shape index (κ1) is 25.1. The van der Waals surface area contributed by atoms with Gasteiger partial charge in [0.15, 0.2) is 4.84 Å². The van der Waals surface area contributed by atoms with Crippen LogP contribution in [0.2, 0.25) is 0 Å². The van der Waals surface area contributed by atoms with Crippen molar-refractivity contribution < 1.29 is 9.53 Å². The number of methoxy groups -OCH3 is 1. The second-order valence-electron chi connectivity index (χ2n) is 7.79. The lowest BCUT2D eigenvalue weighted by Gasteiger charge is -2.33. The van der Waals surface area contributed by atoms with Crippen LogP contribution in [0.15, 0.2) is 53.3 Å². The molecule has 1 atom stereocenters. The number of amides is 1. The molecular weight excluding hydrogens is 461 g/mol. The Bertz CT molecular complexity index is 1150. The third kappa shape index (κ3) is 5.50. The molecule has 1 heterocycles. The molecule has 2 aromatic carbocycles. The number of fused-ring (bicyclic) bond motifs is 1. The fourth-order valence-electron chi connectivity index (χ4n) is 3.97.